The number of benzene rings is 1. The third-order valence-corrected chi connectivity index (χ3v) is 2.41. The lowest BCUT2D eigenvalue weighted by Crippen LogP contribution is -2.15. The van der Waals surface area contributed by atoms with Crippen molar-refractivity contribution >= 4 is 23.4 Å². The minimum atomic E-state index is -1.03. The van der Waals surface area contributed by atoms with Gasteiger partial charge in [0.15, 0.2) is 0 Å². The van der Waals surface area contributed by atoms with Crippen molar-refractivity contribution < 1.29 is 14.7 Å². The summed E-state index contributed by atoms with van der Waals surface area (Å²) in [6.07, 6.45) is -0.0287. The maximum Gasteiger partial charge on any atom is 0.311 e. The predicted octanol–water partition coefficient (Wildman–Crippen LogP) is 2.49. The van der Waals surface area contributed by atoms with Crippen molar-refractivity contribution in [3.8, 4) is 0 Å². The number of rotatable bonds is 4. The molecule has 0 saturated carbocycles. The number of carboxylic acid groups (broad SMARTS) is 1. The Hall–Kier alpha value is -1.35. The molecule has 0 aliphatic carbocycles. The average molecular weight is 227 g/mol. The lowest BCUT2D eigenvalue weighted by molar-refractivity contribution is -0.140. The number of hydrogen-bond donors (Lipinski definition) is 1. The second kappa shape index (κ2) is 4.94. The molecule has 0 fully saturated rings. The van der Waals surface area contributed by atoms with Crippen molar-refractivity contribution in [1.82, 2.24) is 0 Å². The van der Waals surface area contributed by atoms with Crippen LogP contribution in [-0.4, -0.2) is 16.9 Å². The summed E-state index contributed by atoms with van der Waals surface area (Å²) in [4.78, 5) is 21.9. The number of Topliss-reactive ketones (excluding diaryl/α,β-unsaturated/α-hetero) is 1. The number of aliphatic carboxylic acids is 1. The molecule has 1 N–H and O–H groups in total. The summed E-state index contributed by atoms with van der Waals surface area (Å²) in [6.45, 7) is 1.37. The van der Waals surface area contributed by atoms with Crippen molar-refractivity contribution in [1.29, 1.82) is 0 Å². The molecular weight excluding hydrogens is 216 g/mol. The molecule has 0 spiro atoms. The molecule has 3 nitrogen and oxygen atoms in total. The molecular formula is C11H11ClO3. The highest BCUT2D eigenvalue weighted by atomic mass is 35.5. The van der Waals surface area contributed by atoms with Gasteiger partial charge in [0.1, 0.15) is 5.78 Å². The van der Waals surface area contributed by atoms with Crippen LogP contribution in [0.25, 0.3) is 0 Å². The molecule has 1 aromatic carbocycles. The molecule has 0 heterocycles. The zero-order valence-electron chi connectivity index (χ0n) is 8.24. The number of hydrogen-bond acceptors (Lipinski definition) is 2. The highest BCUT2D eigenvalue weighted by Crippen LogP contribution is 2.27. The molecule has 1 atom stereocenters. The van der Waals surface area contributed by atoms with Gasteiger partial charge in [0.2, 0.25) is 0 Å². The van der Waals surface area contributed by atoms with Crippen molar-refractivity contribution in [3.63, 3.8) is 0 Å². The molecule has 1 aromatic rings. The first-order chi connectivity index (χ1) is 7.02. The van der Waals surface area contributed by atoms with Crippen LogP contribution in [0, 0.1) is 0 Å². The van der Waals surface area contributed by atoms with E-state index in [0.717, 1.165) is 0 Å². The second-order valence-electron chi connectivity index (χ2n) is 3.32. The first kappa shape index (κ1) is 11.7. The number of carbonyl (C=O) groups excluding carboxylic acids is 1. The number of ketones is 1. The van der Waals surface area contributed by atoms with Gasteiger partial charge in [-0.1, -0.05) is 29.8 Å². The minimum Gasteiger partial charge on any atom is -0.481 e. The molecule has 0 saturated heterocycles. The number of carboxylic acids is 1. The standard InChI is InChI=1S/C11H11ClO3/c1-7(13)6-9(11(14)15)8-4-2-3-5-10(8)12/h2-5,9H,6H2,1H3,(H,14,15). The van der Waals surface area contributed by atoms with E-state index < -0.39 is 11.9 Å². The molecule has 0 bridgehead atoms. The summed E-state index contributed by atoms with van der Waals surface area (Å²) in [6, 6.07) is 6.67. The Labute approximate surface area is 92.7 Å². The lowest BCUT2D eigenvalue weighted by Gasteiger charge is -2.12. The van der Waals surface area contributed by atoms with Crippen molar-refractivity contribution in [2.45, 2.75) is 19.3 Å². The SMILES string of the molecule is CC(=O)CC(C(=O)O)c1ccccc1Cl. The summed E-state index contributed by atoms with van der Waals surface area (Å²) < 4.78 is 0. The lowest BCUT2D eigenvalue weighted by atomic mass is 9.94. The molecule has 0 aliphatic heterocycles. The molecule has 4 heteroatoms. The van der Waals surface area contributed by atoms with Gasteiger partial charge in [-0.25, -0.2) is 0 Å². The second-order valence-corrected chi connectivity index (χ2v) is 3.73. The largest absolute Gasteiger partial charge is 0.481 e. The highest BCUT2D eigenvalue weighted by molar-refractivity contribution is 6.31. The maximum atomic E-state index is 11.0. The van der Waals surface area contributed by atoms with Crippen LogP contribution >= 0.6 is 11.6 Å². The fourth-order valence-electron chi connectivity index (χ4n) is 1.38. The number of carbonyl (C=O) groups is 2. The van der Waals surface area contributed by atoms with Crippen LogP contribution in [0.2, 0.25) is 5.02 Å². The van der Waals surface area contributed by atoms with E-state index in [1.54, 1.807) is 24.3 Å². The molecule has 0 aromatic heterocycles. The van der Waals surface area contributed by atoms with Crippen LogP contribution < -0.4 is 0 Å². The third kappa shape index (κ3) is 3.06. The van der Waals surface area contributed by atoms with E-state index in [1.165, 1.54) is 6.92 Å². The van der Waals surface area contributed by atoms with E-state index in [0.29, 0.717) is 10.6 Å². The third-order valence-electron chi connectivity index (χ3n) is 2.07. The predicted molar refractivity (Wildman–Crippen MR) is 57.1 cm³/mol. The summed E-state index contributed by atoms with van der Waals surface area (Å²) in [5.74, 6) is -2.04. The minimum absolute atomic E-state index is 0.0287. The molecule has 0 radical (unpaired) electrons. The molecule has 1 rings (SSSR count). The van der Waals surface area contributed by atoms with Gasteiger partial charge >= 0.3 is 5.97 Å². The van der Waals surface area contributed by atoms with Crippen molar-refractivity contribution in [2.24, 2.45) is 0 Å². The monoisotopic (exact) mass is 226 g/mol. The van der Waals surface area contributed by atoms with E-state index in [4.69, 9.17) is 16.7 Å². The summed E-state index contributed by atoms with van der Waals surface area (Å²) in [5, 5.41) is 9.37. The van der Waals surface area contributed by atoms with Gasteiger partial charge in [-0.15, -0.1) is 0 Å². The zero-order valence-corrected chi connectivity index (χ0v) is 8.99. The highest BCUT2D eigenvalue weighted by Gasteiger charge is 2.23. The molecule has 80 valence electrons. The Morgan fingerprint density at radius 1 is 1.40 bits per heavy atom. The van der Waals surface area contributed by atoms with Crippen LogP contribution in [-0.2, 0) is 9.59 Å². The van der Waals surface area contributed by atoms with E-state index in [2.05, 4.69) is 0 Å². The Morgan fingerprint density at radius 2 is 2.00 bits per heavy atom. The summed E-state index contributed by atoms with van der Waals surface area (Å²) >= 11 is 5.87. The summed E-state index contributed by atoms with van der Waals surface area (Å²) in [7, 11) is 0. The van der Waals surface area contributed by atoms with Gasteiger partial charge in [0.05, 0.1) is 5.92 Å². The molecule has 0 amide bonds. The Balaban J connectivity index is 3.04. The van der Waals surface area contributed by atoms with Crippen LogP contribution in [0.5, 0.6) is 0 Å². The van der Waals surface area contributed by atoms with Crippen LogP contribution in [0.4, 0.5) is 0 Å². The average Bonchev–Trinajstić information content (AvgIpc) is 2.15. The smallest absolute Gasteiger partial charge is 0.311 e. The van der Waals surface area contributed by atoms with Crippen LogP contribution in [0.1, 0.15) is 24.8 Å². The zero-order chi connectivity index (χ0) is 11.4. The van der Waals surface area contributed by atoms with Gasteiger partial charge in [0.25, 0.3) is 0 Å². The fourth-order valence-corrected chi connectivity index (χ4v) is 1.64. The Morgan fingerprint density at radius 3 is 2.47 bits per heavy atom. The quantitative estimate of drug-likeness (QED) is 0.858. The molecule has 1 unspecified atom stereocenters. The van der Waals surface area contributed by atoms with E-state index in [-0.39, 0.29) is 12.2 Å². The number of halogens is 1. The van der Waals surface area contributed by atoms with E-state index in [1.807, 2.05) is 0 Å². The van der Waals surface area contributed by atoms with Crippen LogP contribution in [0.15, 0.2) is 24.3 Å². The van der Waals surface area contributed by atoms with Gasteiger partial charge in [0, 0.05) is 11.4 Å². The maximum absolute atomic E-state index is 11.0. The van der Waals surface area contributed by atoms with Gasteiger partial charge in [-0.3, -0.25) is 9.59 Å². The Kier molecular flexibility index (Phi) is 3.86. The van der Waals surface area contributed by atoms with Crippen LogP contribution in [0.3, 0.4) is 0 Å². The van der Waals surface area contributed by atoms with Gasteiger partial charge in [-0.05, 0) is 18.6 Å². The van der Waals surface area contributed by atoms with E-state index >= 15 is 0 Å². The first-order valence-corrected chi connectivity index (χ1v) is 4.87. The Bertz CT molecular complexity index is 387. The normalized spacial score (nSPS) is 12.1. The molecule has 0 aliphatic rings. The van der Waals surface area contributed by atoms with Gasteiger partial charge < -0.3 is 5.11 Å². The van der Waals surface area contributed by atoms with Crippen molar-refractivity contribution in [3.05, 3.63) is 34.9 Å². The topological polar surface area (TPSA) is 54.4 Å². The van der Waals surface area contributed by atoms with Crippen molar-refractivity contribution in [2.75, 3.05) is 0 Å². The summed E-state index contributed by atoms with van der Waals surface area (Å²) in [5.41, 5.74) is 0.488. The van der Waals surface area contributed by atoms with Gasteiger partial charge in [-0.2, -0.15) is 0 Å². The fraction of sp³-hybridized carbons (Fsp3) is 0.273. The van der Waals surface area contributed by atoms with E-state index in [9.17, 15) is 9.59 Å². The first-order valence-electron chi connectivity index (χ1n) is 4.49. The molecule has 15 heavy (non-hydrogen) atoms.